The maximum absolute atomic E-state index is 12.0. The molecule has 0 aliphatic heterocycles. The standard InChI is InChI=1S/C17H19ClN2O/c1-13(19-12-15-8-5-9-16(18)10-15)17(21)20-11-14-6-3-2-4-7-14/h2-10,13,19H,11-12H2,1H3,(H,20,21)/t13-/m1/s1. The Hall–Kier alpha value is -1.84. The number of benzene rings is 2. The summed E-state index contributed by atoms with van der Waals surface area (Å²) in [5.41, 5.74) is 2.15. The molecule has 0 saturated heterocycles. The zero-order chi connectivity index (χ0) is 15.1. The number of carbonyl (C=O) groups excluding carboxylic acids is 1. The molecular formula is C17H19ClN2O. The van der Waals surface area contributed by atoms with Gasteiger partial charge >= 0.3 is 0 Å². The minimum absolute atomic E-state index is 0.0131. The zero-order valence-corrected chi connectivity index (χ0v) is 12.7. The minimum Gasteiger partial charge on any atom is -0.351 e. The molecule has 0 radical (unpaired) electrons. The summed E-state index contributed by atoms with van der Waals surface area (Å²) in [6.07, 6.45) is 0. The molecule has 21 heavy (non-hydrogen) atoms. The first-order valence-corrected chi connectivity index (χ1v) is 7.32. The maximum atomic E-state index is 12.0. The molecule has 0 saturated carbocycles. The average Bonchev–Trinajstić information content (AvgIpc) is 2.51. The normalized spacial score (nSPS) is 11.9. The predicted octanol–water partition coefficient (Wildman–Crippen LogP) is 3.13. The fourth-order valence-electron chi connectivity index (χ4n) is 1.95. The molecule has 0 aliphatic rings. The highest BCUT2D eigenvalue weighted by Gasteiger charge is 2.11. The van der Waals surface area contributed by atoms with Crippen molar-refractivity contribution in [3.8, 4) is 0 Å². The van der Waals surface area contributed by atoms with E-state index in [2.05, 4.69) is 10.6 Å². The van der Waals surface area contributed by atoms with Crippen LogP contribution in [-0.2, 0) is 17.9 Å². The molecule has 2 N–H and O–H groups in total. The molecule has 0 unspecified atom stereocenters. The van der Waals surface area contributed by atoms with Crippen LogP contribution in [0.3, 0.4) is 0 Å². The number of halogens is 1. The van der Waals surface area contributed by atoms with Crippen molar-refractivity contribution >= 4 is 17.5 Å². The van der Waals surface area contributed by atoms with Crippen LogP contribution in [0.2, 0.25) is 5.02 Å². The smallest absolute Gasteiger partial charge is 0.237 e. The van der Waals surface area contributed by atoms with Crippen molar-refractivity contribution in [2.24, 2.45) is 0 Å². The summed E-state index contributed by atoms with van der Waals surface area (Å²) < 4.78 is 0. The molecule has 0 bridgehead atoms. The lowest BCUT2D eigenvalue weighted by Crippen LogP contribution is -2.41. The van der Waals surface area contributed by atoms with E-state index in [9.17, 15) is 4.79 Å². The van der Waals surface area contributed by atoms with Gasteiger partial charge in [0.15, 0.2) is 0 Å². The number of rotatable bonds is 6. The van der Waals surface area contributed by atoms with Gasteiger partial charge in [-0.05, 0) is 30.2 Å². The Labute approximate surface area is 130 Å². The van der Waals surface area contributed by atoms with E-state index >= 15 is 0 Å². The van der Waals surface area contributed by atoms with Gasteiger partial charge in [0.2, 0.25) is 5.91 Å². The number of hydrogen-bond acceptors (Lipinski definition) is 2. The molecule has 3 nitrogen and oxygen atoms in total. The second kappa shape index (κ2) is 7.81. The van der Waals surface area contributed by atoms with Gasteiger partial charge in [-0.1, -0.05) is 54.1 Å². The van der Waals surface area contributed by atoms with Gasteiger partial charge in [-0.2, -0.15) is 0 Å². The van der Waals surface area contributed by atoms with E-state index in [0.717, 1.165) is 11.1 Å². The monoisotopic (exact) mass is 302 g/mol. The van der Waals surface area contributed by atoms with Gasteiger partial charge in [-0.15, -0.1) is 0 Å². The molecule has 1 atom stereocenters. The Kier molecular flexibility index (Phi) is 5.78. The zero-order valence-electron chi connectivity index (χ0n) is 12.0. The number of nitrogens with one attached hydrogen (secondary N) is 2. The van der Waals surface area contributed by atoms with Gasteiger partial charge < -0.3 is 10.6 Å². The maximum Gasteiger partial charge on any atom is 0.237 e. The molecule has 2 aromatic carbocycles. The fourth-order valence-corrected chi connectivity index (χ4v) is 2.16. The minimum atomic E-state index is -0.257. The first-order valence-electron chi connectivity index (χ1n) is 6.94. The SMILES string of the molecule is C[C@@H](NCc1cccc(Cl)c1)C(=O)NCc1ccccc1. The molecule has 1 amide bonds. The van der Waals surface area contributed by atoms with Crippen molar-refractivity contribution in [1.29, 1.82) is 0 Å². The van der Waals surface area contributed by atoms with Crippen LogP contribution in [0, 0.1) is 0 Å². The Morgan fingerprint density at radius 2 is 1.76 bits per heavy atom. The quantitative estimate of drug-likeness (QED) is 0.861. The van der Waals surface area contributed by atoms with Crippen molar-refractivity contribution in [3.63, 3.8) is 0 Å². The van der Waals surface area contributed by atoms with Crippen LogP contribution >= 0.6 is 11.6 Å². The van der Waals surface area contributed by atoms with E-state index in [0.29, 0.717) is 18.1 Å². The van der Waals surface area contributed by atoms with Crippen LogP contribution in [0.25, 0.3) is 0 Å². The van der Waals surface area contributed by atoms with Crippen LogP contribution in [0.15, 0.2) is 54.6 Å². The van der Waals surface area contributed by atoms with Crippen molar-refractivity contribution in [2.45, 2.75) is 26.1 Å². The molecule has 110 valence electrons. The van der Waals surface area contributed by atoms with Gasteiger partial charge in [0.05, 0.1) is 6.04 Å². The lowest BCUT2D eigenvalue weighted by molar-refractivity contribution is -0.122. The highest BCUT2D eigenvalue weighted by Crippen LogP contribution is 2.10. The Bertz CT molecular complexity index is 586. The third kappa shape index (κ3) is 5.21. The van der Waals surface area contributed by atoms with E-state index in [-0.39, 0.29) is 11.9 Å². The first-order chi connectivity index (χ1) is 10.1. The van der Waals surface area contributed by atoms with Crippen molar-refractivity contribution in [1.82, 2.24) is 10.6 Å². The van der Waals surface area contributed by atoms with Crippen molar-refractivity contribution in [3.05, 3.63) is 70.7 Å². The highest BCUT2D eigenvalue weighted by molar-refractivity contribution is 6.30. The topological polar surface area (TPSA) is 41.1 Å². The number of amides is 1. The van der Waals surface area contributed by atoms with E-state index < -0.39 is 0 Å². The second-order valence-electron chi connectivity index (χ2n) is 4.94. The summed E-state index contributed by atoms with van der Waals surface area (Å²) in [7, 11) is 0. The lowest BCUT2D eigenvalue weighted by atomic mass is 10.2. The Morgan fingerprint density at radius 3 is 2.48 bits per heavy atom. The molecule has 4 heteroatoms. The van der Waals surface area contributed by atoms with E-state index in [1.165, 1.54) is 0 Å². The van der Waals surface area contributed by atoms with Crippen molar-refractivity contribution < 1.29 is 4.79 Å². The van der Waals surface area contributed by atoms with E-state index in [1.54, 1.807) is 0 Å². The second-order valence-corrected chi connectivity index (χ2v) is 5.37. The molecule has 2 rings (SSSR count). The van der Waals surface area contributed by atoms with E-state index in [4.69, 9.17) is 11.6 Å². The van der Waals surface area contributed by atoms with Gasteiger partial charge in [0.25, 0.3) is 0 Å². The van der Waals surface area contributed by atoms with E-state index in [1.807, 2.05) is 61.5 Å². The number of carbonyl (C=O) groups is 1. The largest absolute Gasteiger partial charge is 0.351 e. The molecule has 0 fully saturated rings. The van der Waals surface area contributed by atoms with Crippen LogP contribution in [0.5, 0.6) is 0 Å². The highest BCUT2D eigenvalue weighted by atomic mass is 35.5. The molecule has 2 aromatic rings. The van der Waals surface area contributed by atoms with Gasteiger partial charge in [0.1, 0.15) is 0 Å². The lowest BCUT2D eigenvalue weighted by Gasteiger charge is -2.14. The van der Waals surface area contributed by atoms with Gasteiger partial charge in [0, 0.05) is 18.1 Å². The summed E-state index contributed by atoms with van der Waals surface area (Å²) >= 11 is 5.93. The van der Waals surface area contributed by atoms with Crippen LogP contribution in [0.4, 0.5) is 0 Å². The summed E-state index contributed by atoms with van der Waals surface area (Å²) in [6.45, 7) is 3.01. The van der Waals surface area contributed by atoms with Crippen molar-refractivity contribution in [2.75, 3.05) is 0 Å². The molecule has 0 aliphatic carbocycles. The third-order valence-electron chi connectivity index (χ3n) is 3.20. The van der Waals surface area contributed by atoms with Crippen LogP contribution in [0.1, 0.15) is 18.1 Å². The predicted molar refractivity (Wildman–Crippen MR) is 86.0 cm³/mol. The summed E-state index contributed by atoms with van der Waals surface area (Å²) in [5, 5.41) is 6.81. The summed E-state index contributed by atoms with van der Waals surface area (Å²) in [4.78, 5) is 12.0. The number of hydrogen-bond donors (Lipinski definition) is 2. The summed E-state index contributed by atoms with van der Waals surface area (Å²) in [5.74, 6) is -0.0131. The fraction of sp³-hybridized carbons (Fsp3) is 0.235. The van der Waals surface area contributed by atoms with Gasteiger partial charge in [-0.3, -0.25) is 4.79 Å². The molecule has 0 spiro atoms. The van der Waals surface area contributed by atoms with Crippen LogP contribution < -0.4 is 10.6 Å². The Morgan fingerprint density at radius 1 is 1.05 bits per heavy atom. The third-order valence-corrected chi connectivity index (χ3v) is 3.44. The van der Waals surface area contributed by atoms with Crippen LogP contribution in [-0.4, -0.2) is 11.9 Å². The average molecular weight is 303 g/mol. The Balaban J connectivity index is 1.77. The molecule has 0 aromatic heterocycles. The van der Waals surface area contributed by atoms with Gasteiger partial charge in [-0.25, -0.2) is 0 Å². The first kappa shape index (κ1) is 15.5. The molecular weight excluding hydrogens is 284 g/mol. The summed E-state index contributed by atoms with van der Waals surface area (Å²) in [6, 6.07) is 17.2. The molecule has 0 heterocycles.